The molecule has 0 saturated carbocycles. The fraction of sp³-hybridized carbons (Fsp3) is 0.222. The number of rotatable bonds is 3. The molecule has 4 rings (SSSR count). The molecule has 6 heteroatoms. The molecule has 2 atom stereocenters. The van der Waals surface area contributed by atoms with Gasteiger partial charge in [0.2, 0.25) is 0 Å². The van der Waals surface area contributed by atoms with Crippen molar-refractivity contribution in [1.82, 2.24) is 14.9 Å². The molecule has 24 heavy (non-hydrogen) atoms. The third-order valence-corrected chi connectivity index (χ3v) is 4.53. The zero-order valence-corrected chi connectivity index (χ0v) is 13.6. The van der Waals surface area contributed by atoms with Crippen molar-refractivity contribution in [3.63, 3.8) is 0 Å². The quantitative estimate of drug-likeness (QED) is 0.795. The van der Waals surface area contributed by atoms with E-state index in [4.69, 9.17) is 16.3 Å². The molecule has 1 aromatic carbocycles. The normalized spacial score (nSPS) is 20.4. The Hall–Kier alpha value is -2.37. The summed E-state index contributed by atoms with van der Waals surface area (Å²) in [6.07, 6.45) is 4.03. The maximum Gasteiger partial charge on any atom is 0.255 e. The van der Waals surface area contributed by atoms with Crippen LogP contribution in [-0.2, 0) is 4.74 Å². The summed E-state index contributed by atoms with van der Waals surface area (Å²) in [5, 5.41) is 7.98. The smallest absolute Gasteiger partial charge is 0.255 e. The Bertz CT molecular complexity index is 875. The van der Waals surface area contributed by atoms with Crippen LogP contribution in [0.2, 0.25) is 5.02 Å². The molecule has 1 fully saturated rings. The Kier molecular flexibility index (Phi) is 3.96. The van der Waals surface area contributed by atoms with Crippen LogP contribution in [0.3, 0.4) is 0 Å². The number of nitrogens with one attached hydrogen (secondary N) is 1. The van der Waals surface area contributed by atoms with Gasteiger partial charge in [0.05, 0.1) is 23.3 Å². The third-order valence-electron chi connectivity index (χ3n) is 4.28. The van der Waals surface area contributed by atoms with Gasteiger partial charge in [-0.05, 0) is 36.2 Å². The second-order valence-electron chi connectivity index (χ2n) is 5.80. The Labute approximate surface area is 144 Å². The third kappa shape index (κ3) is 2.77. The minimum absolute atomic E-state index is 0.0719. The maximum absolute atomic E-state index is 12.7. The predicted molar refractivity (Wildman–Crippen MR) is 91.2 cm³/mol. The predicted octanol–water partition coefficient (Wildman–Crippen LogP) is 3.25. The van der Waals surface area contributed by atoms with E-state index in [0.29, 0.717) is 17.2 Å². The summed E-state index contributed by atoms with van der Waals surface area (Å²) in [5.41, 5.74) is 2.37. The van der Waals surface area contributed by atoms with Crippen molar-refractivity contribution < 1.29 is 9.53 Å². The van der Waals surface area contributed by atoms with Gasteiger partial charge in [-0.3, -0.25) is 4.79 Å². The van der Waals surface area contributed by atoms with Crippen LogP contribution in [0, 0.1) is 0 Å². The van der Waals surface area contributed by atoms with Crippen LogP contribution in [0.15, 0.2) is 54.9 Å². The SMILES string of the molecule is O=C(N[C@@H]1CCO[C@H]1c1ccc(Cl)cc1)c1cnn2ccccc12. The first-order valence-corrected chi connectivity index (χ1v) is 8.20. The van der Waals surface area contributed by atoms with E-state index >= 15 is 0 Å². The molecule has 0 bridgehead atoms. The lowest BCUT2D eigenvalue weighted by Crippen LogP contribution is -2.36. The van der Waals surface area contributed by atoms with Crippen molar-refractivity contribution in [2.24, 2.45) is 0 Å². The maximum atomic E-state index is 12.7. The van der Waals surface area contributed by atoms with E-state index in [0.717, 1.165) is 17.5 Å². The molecule has 0 radical (unpaired) electrons. The minimum Gasteiger partial charge on any atom is -0.371 e. The number of ether oxygens (including phenoxy) is 1. The van der Waals surface area contributed by atoms with E-state index in [1.807, 2.05) is 48.7 Å². The van der Waals surface area contributed by atoms with Crippen LogP contribution in [0.25, 0.3) is 5.52 Å². The topological polar surface area (TPSA) is 55.6 Å². The van der Waals surface area contributed by atoms with Gasteiger partial charge in [0.1, 0.15) is 6.10 Å². The lowest BCUT2D eigenvalue weighted by atomic mass is 10.0. The number of hydrogen-bond donors (Lipinski definition) is 1. The first kappa shape index (κ1) is 15.2. The number of hydrogen-bond acceptors (Lipinski definition) is 3. The molecule has 1 aliphatic heterocycles. The average molecular weight is 342 g/mol. The number of halogens is 1. The Morgan fingerprint density at radius 1 is 1.25 bits per heavy atom. The van der Waals surface area contributed by atoms with Crippen molar-refractivity contribution in [1.29, 1.82) is 0 Å². The number of carbonyl (C=O) groups is 1. The van der Waals surface area contributed by atoms with Crippen LogP contribution in [0.4, 0.5) is 0 Å². The molecule has 1 N–H and O–H groups in total. The van der Waals surface area contributed by atoms with Gasteiger partial charge in [0.25, 0.3) is 5.91 Å². The van der Waals surface area contributed by atoms with Gasteiger partial charge in [-0.2, -0.15) is 5.10 Å². The first-order chi connectivity index (χ1) is 11.7. The summed E-state index contributed by atoms with van der Waals surface area (Å²) in [4.78, 5) is 12.7. The van der Waals surface area contributed by atoms with Crippen molar-refractivity contribution in [3.05, 3.63) is 71.0 Å². The Balaban J connectivity index is 1.55. The van der Waals surface area contributed by atoms with Gasteiger partial charge in [0.15, 0.2) is 0 Å². The second-order valence-corrected chi connectivity index (χ2v) is 6.24. The summed E-state index contributed by atoms with van der Waals surface area (Å²) in [6, 6.07) is 13.1. The molecule has 2 aromatic heterocycles. The monoisotopic (exact) mass is 341 g/mol. The van der Waals surface area contributed by atoms with Crippen LogP contribution >= 0.6 is 11.6 Å². The van der Waals surface area contributed by atoms with E-state index in [9.17, 15) is 4.79 Å². The lowest BCUT2D eigenvalue weighted by molar-refractivity contribution is 0.0823. The van der Waals surface area contributed by atoms with E-state index in [-0.39, 0.29) is 18.1 Å². The molecule has 0 spiro atoms. The van der Waals surface area contributed by atoms with Gasteiger partial charge in [-0.25, -0.2) is 4.52 Å². The molecule has 1 saturated heterocycles. The molecular weight excluding hydrogens is 326 g/mol. The number of aromatic nitrogens is 2. The summed E-state index contributed by atoms with van der Waals surface area (Å²) in [6.45, 7) is 0.618. The summed E-state index contributed by atoms with van der Waals surface area (Å²) in [5.74, 6) is -0.134. The molecule has 1 aliphatic rings. The average Bonchev–Trinajstić information content (AvgIpc) is 3.22. The summed E-state index contributed by atoms with van der Waals surface area (Å²) in [7, 11) is 0. The summed E-state index contributed by atoms with van der Waals surface area (Å²) >= 11 is 5.94. The van der Waals surface area contributed by atoms with Crippen LogP contribution in [-0.4, -0.2) is 28.2 Å². The lowest BCUT2D eigenvalue weighted by Gasteiger charge is -2.20. The Morgan fingerprint density at radius 2 is 2.08 bits per heavy atom. The number of benzene rings is 1. The molecule has 5 nitrogen and oxygen atoms in total. The van der Waals surface area contributed by atoms with E-state index in [1.165, 1.54) is 0 Å². The van der Waals surface area contributed by atoms with Gasteiger partial charge in [-0.15, -0.1) is 0 Å². The molecule has 0 aliphatic carbocycles. The number of fused-ring (bicyclic) bond motifs is 1. The number of pyridine rings is 1. The van der Waals surface area contributed by atoms with Crippen LogP contribution in [0.5, 0.6) is 0 Å². The number of carbonyl (C=O) groups excluding carboxylic acids is 1. The fourth-order valence-corrected chi connectivity index (χ4v) is 3.20. The van der Waals surface area contributed by atoms with Crippen molar-refractivity contribution in [2.75, 3.05) is 6.61 Å². The number of amides is 1. The second kappa shape index (κ2) is 6.26. The van der Waals surface area contributed by atoms with E-state index in [1.54, 1.807) is 10.7 Å². The van der Waals surface area contributed by atoms with Crippen molar-refractivity contribution >= 4 is 23.0 Å². The zero-order valence-electron chi connectivity index (χ0n) is 12.9. The molecule has 0 unspecified atom stereocenters. The molecule has 122 valence electrons. The highest BCUT2D eigenvalue weighted by Gasteiger charge is 2.31. The molecule has 3 heterocycles. The Morgan fingerprint density at radius 3 is 2.92 bits per heavy atom. The highest BCUT2D eigenvalue weighted by atomic mass is 35.5. The molecule has 3 aromatic rings. The van der Waals surface area contributed by atoms with Gasteiger partial charge < -0.3 is 10.1 Å². The van der Waals surface area contributed by atoms with Gasteiger partial charge >= 0.3 is 0 Å². The van der Waals surface area contributed by atoms with Crippen molar-refractivity contribution in [3.8, 4) is 0 Å². The highest BCUT2D eigenvalue weighted by Crippen LogP contribution is 2.30. The van der Waals surface area contributed by atoms with Crippen LogP contribution in [0.1, 0.15) is 28.4 Å². The standard InChI is InChI=1S/C18H16ClN3O2/c19-13-6-4-12(5-7-13)17-15(8-10-24-17)21-18(23)14-11-20-22-9-2-1-3-16(14)22/h1-7,9,11,15,17H,8,10H2,(H,21,23)/t15-,17+/m1/s1. The van der Waals surface area contributed by atoms with Gasteiger partial charge in [-0.1, -0.05) is 29.8 Å². The minimum atomic E-state index is -0.159. The summed E-state index contributed by atoms with van der Waals surface area (Å²) < 4.78 is 7.51. The highest BCUT2D eigenvalue weighted by molar-refractivity contribution is 6.30. The fourth-order valence-electron chi connectivity index (χ4n) is 3.07. The van der Waals surface area contributed by atoms with Gasteiger partial charge in [0, 0.05) is 17.8 Å². The van der Waals surface area contributed by atoms with E-state index in [2.05, 4.69) is 10.4 Å². The zero-order chi connectivity index (χ0) is 16.5. The van der Waals surface area contributed by atoms with E-state index < -0.39 is 0 Å². The molecule has 1 amide bonds. The van der Waals surface area contributed by atoms with Crippen LogP contribution < -0.4 is 5.32 Å². The molecular formula is C18H16ClN3O2. The first-order valence-electron chi connectivity index (χ1n) is 7.83. The number of nitrogens with zero attached hydrogens (tertiary/aromatic N) is 2. The van der Waals surface area contributed by atoms with Crippen molar-refractivity contribution in [2.45, 2.75) is 18.6 Å². The largest absolute Gasteiger partial charge is 0.371 e.